The van der Waals surface area contributed by atoms with Gasteiger partial charge in [0, 0.05) is 0 Å². The van der Waals surface area contributed by atoms with Crippen LogP contribution in [-0.4, -0.2) is 0 Å². The molecule has 16 heavy (non-hydrogen) atoms. The molecule has 0 aliphatic heterocycles. The number of aryl methyl sites for hydroxylation is 1. The first-order chi connectivity index (χ1) is 7.68. The Bertz CT molecular complexity index is 338. The van der Waals surface area contributed by atoms with Crippen molar-refractivity contribution in [2.45, 2.75) is 46.5 Å². The van der Waals surface area contributed by atoms with Gasteiger partial charge in [-0.15, -0.1) is 0 Å². The molecule has 1 heterocycles. The Labute approximate surface area is 98.9 Å². The molecule has 88 valence electrons. The lowest BCUT2D eigenvalue weighted by atomic mass is 10.1. The molecule has 0 amide bonds. The normalized spacial score (nSPS) is 11.6. The monoisotopic (exact) mass is 218 g/mol. The second-order valence-corrected chi connectivity index (χ2v) is 4.54. The summed E-state index contributed by atoms with van der Waals surface area (Å²) in [5.74, 6) is 0. The molecular formula is C15H22O. The molecule has 0 atom stereocenters. The van der Waals surface area contributed by atoms with E-state index in [0.29, 0.717) is 0 Å². The summed E-state index contributed by atoms with van der Waals surface area (Å²) in [6.45, 7) is 6.52. The number of hydrogen-bond acceptors (Lipinski definition) is 1. The summed E-state index contributed by atoms with van der Waals surface area (Å²) in [5.41, 5.74) is 4.18. The molecular weight excluding hydrogens is 196 g/mol. The summed E-state index contributed by atoms with van der Waals surface area (Å²) in [6.07, 6.45) is 12.7. The predicted octanol–water partition coefficient (Wildman–Crippen LogP) is 4.90. The van der Waals surface area contributed by atoms with Crippen LogP contribution in [0.1, 0.15) is 45.6 Å². The van der Waals surface area contributed by atoms with Gasteiger partial charge in [0.15, 0.2) is 0 Å². The Morgan fingerprint density at radius 3 is 2.62 bits per heavy atom. The molecule has 0 spiro atoms. The van der Waals surface area contributed by atoms with Crippen LogP contribution in [0.25, 0.3) is 0 Å². The Hall–Kier alpha value is -1.24. The highest BCUT2D eigenvalue weighted by Gasteiger charge is 1.93. The minimum atomic E-state index is 1.08. The molecule has 0 saturated carbocycles. The van der Waals surface area contributed by atoms with Gasteiger partial charge in [0.25, 0.3) is 0 Å². The molecule has 1 nitrogen and oxygen atoms in total. The van der Waals surface area contributed by atoms with Gasteiger partial charge in [-0.2, -0.15) is 0 Å². The average molecular weight is 218 g/mol. The largest absolute Gasteiger partial charge is 0.472 e. The minimum Gasteiger partial charge on any atom is -0.472 e. The molecule has 1 aromatic heterocycles. The van der Waals surface area contributed by atoms with Gasteiger partial charge in [-0.25, -0.2) is 0 Å². The molecule has 0 aromatic carbocycles. The van der Waals surface area contributed by atoms with Crippen molar-refractivity contribution >= 4 is 0 Å². The zero-order valence-corrected chi connectivity index (χ0v) is 10.6. The first-order valence-corrected chi connectivity index (χ1v) is 5.98. The number of hydrogen-bond donors (Lipinski definition) is 0. The van der Waals surface area contributed by atoms with E-state index in [1.165, 1.54) is 23.1 Å². The Morgan fingerprint density at radius 2 is 2.00 bits per heavy atom. The molecule has 1 rings (SSSR count). The fourth-order valence-corrected chi connectivity index (χ4v) is 1.61. The smallest absolute Gasteiger partial charge is 0.0934 e. The third kappa shape index (κ3) is 5.59. The molecule has 0 radical (unpaired) electrons. The zero-order valence-electron chi connectivity index (χ0n) is 10.6. The first-order valence-electron chi connectivity index (χ1n) is 5.98. The predicted molar refractivity (Wildman–Crippen MR) is 69.5 cm³/mol. The number of allylic oxidation sites excluding steroid dienone is 4. The van der Waals surface area contributed by atoms with Crippen molar-refractivity contribution in [2.24, 2.45) is 0 Å². The first kappa shape index (κ1) is 12.8. The van der Waals surface area contributed by atoms with Crippen molar-refractivity contribution in [3.05, 3.63) is 47.5 Å². The molecule has 0 saturated heterocycles. The van der Waals surface area contributed by atoms with Crippen molar-refractivity contribution in [1.82, 2.24) is 0 Å². The van der Waals surface area contributed by atoms with Crippen LogP contribution < -0.4 is 0 Å². The van der Waals surface area contributed by atoms with Crippen LogP contribution in [-0.2, 0) is 6.42 Å². The van der Waals surface area contributed by atoms with Crippen LogP contribution in [0.4, 0.5) is 0 Å². The van der Waals surface area contributed by atoms with Crippen LogP contribution in [0.5, 0.6) is 0 Å². The van der Waals surface area contributed by atoms with E-state index in [0.717, 1.165) is 19.3 Å². The molecule has 1 heteroatoms. The molecule has 0 aliphatic carbocycles. The maximum atomic E-state index is 5.03. The van der Waals surface area contributed by atoms with E-state index in [9.17, 15) is 0 Å². The van der Waals surface area contributed by atoms with Crippen LogP contribution in [0.15, 0.2) is 46.3 Å². The highest BCUT2D eigenvalue weighted by Crippen LogP contribution is 2.10. The second-order valence-electron chi connectivity index (χ2n) is 4.54. The van der Waals surface area contributed by atoms with Gasteiger partial charge in [-0.05, 0) is 58.1 Å². The third-order valence-corrected chi connectivity index (χ3v) is 2.60. The fraction of sp³-hybridized carbons (Fsp3) is 0.467. The Balaban J connectivity index is 2.21. The molecule has 0 bridgehead atoms. The van der Waals surface area contributed by atoms with Crippen molar-refractivity contribution in [3.8, 4) is 0 Å². The minimum absolute atomic E-state index is 1.08. The third-order valence-electron chi connectivity index (χ3n) is 2.60. The highest BCUT2D eigenvalue weighted by atomic mass is 16.3. The van der Waals surface area contributed by atoms with E-state index in [4.69, 9.17) is 4.42 Å². The van der Waals surface area contributed by atoms with Crippen LogP contribution in [0.2, 0.25) is 0 Å². The van der Waals surface area contributed by atoms with E-state index < -0.39 is 0 Å². The maximum Gasteiger partial charge on any atom is 0.0934 e. The van der Waals surface area contributed by atoms with Gasteiger partial charge in [-0.1, -0.05) is 23.3 Å². The highest BCUT2D eigenvalue weighted by molar-refractivity contribution is 5.08. The van der Waals surface area contributed by atoms with E-state index in [1.807, 2.05) is 12.3 Å². The molecule has 0 fully saturated rings. The van der Waals surface area contributed by atoms with Gasteiger partial charge >= 0.3 is 0 Å². The van der Waals surface area contributed by atoms with Crippen molar-refractivity contribution in [2.75, 3.05) is 0 Å². The SMILES string of the molecule is CC(C)=CCC/C(C)=C/CCc1ccoc1. The molecule has 0 aliphatic rings. The summed E-state index contributed by atoms with van der Waals surface area (Å²) in [5, 5.41) is 0. The van der Waals surface area contributed by atoms with E-state index in [2.05, 4.69) is 32.9 Å². The summed E-state index contributed by atoms with van der Waals surface area (Å²) < 4.78 is 5.03. The van der Waals surface area contributed by atoms with Crippen molar-refractivity contribution in [3.63, 3.8) is 0 Å². The average Bonchev–Trinajstić information content (AvgIpc) is 2.70. The molecule has 1 aromatic rings. The van der Waals surface area contributed by atoms with E-state index in [-0.39, 0.29) is 0 Å². The summed E-state index contributed by atoms with van der Waals surface area (Å²) in [7, 11) is 0. The Kier molecular flexibility index (Phi) is 5.69. The topological polar surface area (TPSA) is 13.1 Å². The molecule has 0 unspecified atom stereocenters. The van der Waals surface area contributed by atoms with Gasteiger partial charge in [0.05, 0.1) is 12.5 Å². The quantitative estimate of drug-likeness (QED) is 0.619. The summed E-state index contributed by atoms with van der Waals surface area (Å²) in [4.78, 5) is 0. The van der Waals surface area contributed by atoms with Crippen LogP contribution >= 0.6 is 0 Å². The Morgan fingerprint density at radius 1 is 1.19 bits per heavy atom. The van der Waals surface area contributed by atoms with Crippen LogP contribution in [0.3, 0.4) is 0 Å². The molecule has 0 N–H and O–H groups in total. The van der Waals surface area contributed by atoms with E-state index in [1.54, 1.807) is 6.26 Å². The summed E-state index contributed by atoms with van der Waals surface area (Å²) >= 11 is 0. The van der Waals surface area contributed by atoms with E-state index >= 15 is 0 Å². The van der Waals surface area contributed by atoms with Gasteiger partial charge in [-0.3, -0.25) is 0 Å². The van der Waals surface area contributed by atoms with Crippen molar-refractivity contribution < 1.29 is 4.42 Å². The van der Waals surface area contributed by atoms with Gasteiger partial charge in [0.1, 0.15) is 0 Å². The van der Waals surface area contributed by atoms with Gasteiger partial charge in [0.2, 0.25) is 0 Å². The zero-order chi connectivity index (χ0) is 11.8. The maximum absolute atomic E-state index is 5.03. The summed E-state index contributed by atoms with van der Waals surface area (Å²) in [6, 6.07) is 2.03. The lowest BCUT2D eigenvalue weighted by Crippen LogP contribution is -1.81. The lowest BCUT2D eigenvalue weighted by Gasteiger charge is -1.99. The van der Waals surface area contributed by atoms with Crippen LogP contribution in [0, 0.1) is 0 Å². The second kappa shape index (κ2) is 7.10. The van der Waals surface area contributed by atoms with Crippen molar-refractivity contribution in [1.29, 1.82) is 0 Å². The number of furan rings is 1. The lowest BCUT2D eigenvalue weighted by molar-refractivity contribution is 0.564. The number of rotatable bonds is 6. The standard InChI is InChI=1S/C15H22O/c1-13(2)6-4-7-14(3)8-5-9-15-10-11-16-12-15/h6,8,10-12H,4-5,7,9H2,1-3H3/b14-8+. The van der Waals surface area contributed by atoms with Gasteiger partial charge < -0.3 is 4.42 Å². The fourth-order valence-electron chi connectivity index (χ4n) is 1.61.